The Bertz CT molecular complexity index is 541. The first kappa shape index (κ1) is 17.7. The minimum atomic E-state index is -1.83. The van der Waals surface area contributed by atoms with E-state index < -0.39 is 8.32 Å². The van der Waals surface area contributed by atoms with Crippen LogP contribution < -0.4 is 0 Å². The molecule has 114 valence electrons. The molecule has 0 saturated carbocycles. The molecule has 1 aromatic rings. The predicted molar refractivity (Wildman–Crippen MR) is 94.8 cm³/mol. The second kappa shape index (κ2) is 7.11. The summed E-state index contributed by atoms with van der Waals surface area (Å²) in [6.45, 7) is 17.1. The van der Waals surface area contributed by atoms with E-state index in [-0.39, 0.29) is 11.1 Å². The maximum Gasteiger partial charge on any atom is 0.192 e. The van der Waals surface area contributed by atoms with Crippen molar-refractivity contribution in [2.45, 2.75) is 58.4 Å². The number of hydrogen-bond donors (Lipinski definition) is 0. The van der Waals surface area contributed by atoms with Gasteiger partial charge >= 0.3 is 0 Å². The van der Waals surface area contributed by atoms with E-state index in [1.807, 2.05) is 19.1 Å². The molecular formula is C19H28OSi. The van der Waals surface area contributed by atoms with Crippen molar-refractivity contribution in [1.29, 1.82) is 0 Å². The molecule has 21 heavy (non-hydrogen) atoms. The van der Waals surface area contributed by atoms with Gasteiger partial charge in [-0.05, 0) is 43.1 Å². The van der Waals surface area contributed by atoms with Gasteiger partial charge in [0, 0.05) is 5.56 Å². The summed E-state index contributed by atoms with van der Waals surface area (Å²) in [6, 6.07) is 8.28. The van der Waals surface area contributed by atoms with E-state index in [1.54, 1.807) is 0 Å². The molecule has 2 heteroatoms. The molecule has 1 atom stereocenters. The summed E-state index contributed by atoms with van der Waals surface area (Å²) in [5, 5.41) is 0.192. The lowest BCUT2D eigenvalue weighted by Gasteiger charge is -2.39. The lowest BCUT2D eigenvalue weighted by molar-refractivity contribution is 0.186. The van der Waals surface area contributed by atoms with E-state index in [9.17, 15) is 0 Å². The average molecular weight is 301 g/mol. The highest BCUT2D eigenvalue weighted by molar-refractivity contribution is 6.74. The van der Waals surface area contributed by atoms with Gasteiger partial charge in [0.05, 0.1) is 6.10 Å². The predicted octanol–water partition coefficient (Wildman–Crippen LogP) is 5.70. The molecule has 0 aliphatic heterocycles. The van der Waals surface area contributed by atoms with Gasteiger partial charge in [0.1, 0.15) is 0 Å². The van der Waals surface area contributed by atoms with Crippen molar-refractivity contribution >= 4 is 8.32 Å². The molecule has 0 aromatic heterocycles. The molecule has 0 fully saturated rings. The smallest absolute Gasteiger partial charge is 0.192 e. The quantitative estimate of drug-likeness (QED) is 0.385. The van der Waals surface area contributed by atoms with Crippen LogP contribution in [0.4, 0.5) is 0 Å². The lowest BCUT2D eigenvalue weighted by Crippen LogP contribution is -2.41. The van der Waals surface area contributed by atoms with Crippen LogP contribution in [0.5, 0.6) is 0 Å². The zero-order chi connectivity index (χ0) is 16.1. The summed E-state index contributed by atoms with van der Waals surface area (Å²) in [5.74, 6) is 6.19. The second-order valence-corrected chi connectivity index (χ2v) is 11.6. The van der Waals surface area contributed by atoms with Crippen LogP contribution in [0.15, 0.2) is 36.9 Å². The summed E-state index contributed by atoms with van der Waals surface area (Å²) in [4.78, 5) is 0. The Morgan fingerprint density at radius 1 is 1.29 bits per heavy atom. The van der Waals surface area contributed by atoms with E-state index >= 15 is 0 Å². The van der Waals surface area contributed by atoms with Crippen molar-refractivity contribution in [2.24, 2.45) is 0 Å². The lowest BCUT2D eigenvalue weighted by atomic mass is 10.0. The Balaban J connectivity index is 3.19. The summed E-state index contributed by atoms with van der Waals surface area (Å²) in [6.07, 6.45) is 2.79. The number of hydrogen-bond acceptors (Lipinski definition) is 1. The van der Waals surface area contributed by atoms with Crippen molar-refractivity contribution in [3.63, 3.8) is 0 Å². The molecule has 0 aliphatic rings. The summed E-state index contributed by atoms with van der Waals surface area (Å²) in [7, 11) is -1.83. The molecule has 0 spiro atoms. The van der Waals surface area contributed by atoms with Gasteiger partial charge < -0.3 is 4.43 Å². The highest BCUT2D eigenvalue weighted by Gasteiger charge is 2.39. The molecule has 1 unspecified atom stereocenters. The third-order valence-electron chi connectivity index (χ3n) is 4.19. The fourth-order valence-corrected chi connectivity index (χ4v) is 3.24. The zero-order valence-electron chi connectivity index (χ0n) is 14.3. The van der Waals surface area contributed by atoms with Crippen molar-refractivity contribution < 1.29 is 4.43 Å². The fourth-order valence-electron chi connectivity index (χ4n) is 1.95. The Morgan fingerprint density at radius 2 is 1.90 bits per heavy atom. The van der Waals surface area contributed by atoms with E-state index in [0.29, 0.717) is 0 Å². The van der Waals surface area contributed by atoms with Crippen LogP contribution in [0.2, 0.25) is 18.1 Å². The van der Waals surface area contributed by atoms with Crippen molar-refractivity contribution in [1.82, 2.24) is 0 Å². The van der Waals surface area contributed by atoms with Crippen LogP contribution in [0, 0.1) is 11.8 Å². The SMILES string of the molecule is C=CCC(O[Si](C)(C)C(C)(C)C)c1ccccc1C#CC. The van der Waals surface area contributed by atoms with Crippen LogP contribution in [0.1, 0.15) is 51.3 Å². The highest BCUT2D eigenvalue weighted by atomic mass is 28.4. The van der Waals surface area contributed by atoms with Gasteiger partial charge in [0.2, 0.25) is 0 Å². The minimum absolute atomic E-state index is 0.0421. The number of benzene rings is 1. The van der Waals surface area contributed by atoms with Crippen LogP contribution in [-0.2, 0) is 4.43 Å². The first-order valence-corrected chi connectivity index (χ1v) is 10.4. The Hall–Kier alpha value is -1.30. The first-order valence-electron chi connectivity index (χ1n) is 7.53. The Morgan fingerprint density at radius 3 is 2.43 bits per heavy atom. The maximum absolute atomic E-state index is 6.62. The minimum Gasteiger partial charge on any atom is -0.410 e. The second-order valence-electron chi connectivity index (χ2n) is 6.85. The topological polar surface area (TPSA) is 9.23 Å². The van der Waals surface area contributed by atoms with Gasteiger partial charge in [-0.1, -0.05) is 51.0 Å². The zero-order valence-corrected chi connectivity index (χ0v) is 15.3. The summed E-state index contributed by atoms with van der Waals surface area (Å²) < 4.78 is 6.62. The molecule has 0 heterocycles. The van der Waals surface area contributed by atoms with Crippen molar-refractivity contribution in [2.75, 3.05) is 0 Å². The molecule has 0 bridgehead atoms. The van der Waals surface area contributed by atoms with Crippen LogP contribution in [0.3, 0.4) is 0 Å². The summed E-state index contributed by atoms with van der Waals surface area (Å²) >= 11 is 0. The molecule has 1 rings (SSSR count). The molecular weight excluding hydrogens is 272 g/mol. The molecule has 1 nitrogen and oxygen atoms in total. The summed E-state index contributed by atoms with van der Waals surface area (Å²) in [5.41, 5.74) is 2.24. The molecule has 0 aliphatic carbocycles. The molecule has 0 radical (unpaired) electrons. The molecule has 1 aromatic carbocycles. The van der Waals surface area contributed by atoms with Gasteiger partial charge in [-0.2, -0.15) is 0 Å². The highest BCUT2D eigenvalue weighted by Crippen LogP contribution is 2.41. The Labute approximate surface area is 131 Å². The van der Waals surface area contributed by atoms with Gasteiger partial charge in [0.15, 0.2) is 8.32 Å². The van der Waals surface area contributed by atoms with E-state index in [0.717, 1.165) is 12.0 Å². The number of rotatable bonds is 5. The normalized spacial score (nSPS) is 13.2. The Kier molecular flexibility index (Phi) is 6.01. The third kappa shape index (κ3) is 4.59. The van der Waals surface area contributed by atoms with Gasteiger partial charge in [-0.15, -0.1) is 12.5 Å². The van der Waals surface area contributed by atoms with Crippen LogP contribution >= 0.6 is 0 Å². The van der Waals surface area contributed by atoms with Crippen LogP contribution in [0.25, 0.3) is 0 Å². The first-order chi connectivity index (χ1) is 9.73. The van der Waals surface area contributed by atoms with Crippen molar-refractivity contribution in [3.8, 4) is 11.8 Å². The van der Waals surface area contributed by atoms with Crippen molar-refractivity contribution in [3.05, 3.63) is 48.0 Å². The largest absolute Gasteiger partial charge is 0.410 e. The maximum atomic E-state index is 6.62. The van der Waals surface area contributed by atoms with Gasteiger partial charge in [-0.25, -0.2) is 0 Å². The van der Waals surface area contributed by atoms with E-state index in [1.165, 1.54) is 5.56 Å². The van der Waals surface area contributed by atoms with Crippen LogP contribution in [-0.4, -0.2) is 8.32 Å². The monoisotopic (exact) mass is 300 g/mol. The van der Waals surface area contributed by atoms with Gasteiger partial charge in [0.25, 0.3) is 0 Å². The average Bonchev–Trinajstić information content (AvgIpc) is 2.38. The van der Waals surface area contributed by atoms with E-state index in [2.05, 4.69) is 70.5 Å². The molecule has 0 saturated heterocycles. The van der Waals surface area contributed by atoms with Gasteiger partial charge in [-0.3, -0.25) is 0 Å². The molecule has 0 amide bonds. The fraction of sp³-hybridized carbons (Fsp3) is 0.474. The standard InChI is InChI=1S/C19H28OSi/c1-8-12-16-14-10-11-15-17(16)18(13-9-2)20-21(6,7)19(3,4)5/h9-11,14-15,18H,2,13H2,1,3-7H3. The molecule has 0 N–H and O–H groups in total. The van der Waals surface area contributed by atoms with E-state index in [4.69, 9.17) is 4.43 Å². The third-order valence-corrected chi connectivity index (χ3v) is 8.68.